The van der Waals surface area contributed by atoms with Gasteiger partial charge in [0.2, 0.25) is 11.8 Å². The van der Waals surface area contributed by atoms with Crippen molar-refractivity contribution in [2.45, 2.75) is 76.4 Å². The molecule has 3 fully saturated rings. The third-order valence-electron chi connectivity index (χ3n) is 9.01. The van der Waals surface area contributed by atoms with E-state index in [1.807, 2.05) is 18.2 Å². The first-order chi connectivity index (χ1) is 21.3. The molecular weight excluding hydrogens is 599 g/mol. The van der Waals surface area contributed by atoms with Crippen LogP contribution in [-0.2, 0) is 29.0 Å². The molecule has 0 spiro atoms. The molecule has 10 nitrogen and oxygen atoms in total. The summed E-state index contributed by atoms with van der Waals surface area (Å²) < 4.78 is 11.1. The second kappa shape index (κ2) is 13.3. The Kier molecular flexibility index (Phi) is 9.27. The van der Waals surface area contributed by atoms with Crippen LogP contribution in [0.4, 0.5) is 5.00 Å². The van der Waals surface area contributed by atoms with Crippen molar-refractivity contribution in [2.75, 3.05) is 32.6 Å². The van der Waals surface area contributed by atoms with Crippen molar-refractivity contribution in [1.29, 1.82) is 0 Å². The number of amides is 3. The SMILES string of the molecule is COc1ccc(CN(C(=S)N[C@H]2CCc3sc(NC(=O)C4CC4)c(C(=O)NCC4CC4)c3C2)C2CCNC(=O)C2)c(OC)c1. The number of nitrogens with one attached hydrogen (secondary N) is 4. The molecule has 3 amide bonds. The van der Waals surface area contributed by atoms with Crippen molar-refractivity contribution in [3.8, 4) is 11.5 Å². The van der Waals surface area contributed by atoms with E-state index in [1.165, 1.54) is 0 Å². The van der Waals surface area contributed by atoms with Crippen molar-refractivity contribution < 1.29 is 23.9 Å². The van der Waals surface area contributed by atoms with Crippen LogP contribution in [0.1, 0.15) is 71.3 Å². The van der Waals surface area contributed by atoms with Crippen LogP contribution >= 0.6 is 23.6 Å². The van der Waals surface area contributed by atoms with E-state index in [0.717, 1.165) is 60.9 Å². The van der Waals surface area contributed by atoms with Gasteiger partial charge in [-0.3, -0.25) is 14.4 Å². The highest BCUT2D eigenvalue weighted by molar-refractivity contribution is 7.80. The van der Waals surface area contributed by atoms with Gasteiger partial charge in [0.05, 0.1) is 19.8 Å². The molecule has 2 atom stereocenters. The smallest absolute Gasteiger partial charge is 0.254 e. The Bertz CT molecular complexity index is 1440. The summed E-state index contributed by atoms with van der Waals surface area (Å²) in [5.41, 5.74) is 2.56. The van der Waals surface area contributed by atoms with Gasteiger partial charge in [0.25, 0.3) is 5.91 Å². The molecule has 1 aliphatic heterocycles. The van der Waals surface area contributed by atoms with Gasteiger partial charge in [-0.05, 0) is 87.2 Å². The minimum atomic E-state index is -0.106. The van der Waals surface area contributed by atoms with Crippen molar-refractivity contribution in [3.05, 3.63) is 39.8 Å². The minimum Gasteiger partial charge on any atom is -0.497 e. The first kappa shape index (κ1) is 30.6. The number of hydrogen-bond acceptors (Lipinski definition) is 7. The number of methoxy groups -OCH3 is 2. The van der Waals surface area contributed by atoms with Gasteiger partial charge in [-0.15, -0.1) is 11.3 Å². The number of anilines is 1. The Morgan fingerprint density at radius 3 is 2.61 bits per heavy atom. The number of carbonyl (C=O) groups is 3. The monoisotopic (exact) mass is 639 g/mol. The molecule has 1 saturated heterocycles. The maximum Gasteiger partial charge on any atom is 0.254 e. The Hall–Kier alpha value is -3.38. The highest BCUT2D eigenvalue weighted by atomic mass is 32.1. The highest BCUT2D eigenvalue weighted by Gasteiger charge is 2.35. The predicted molar refractivity (Wildman–Crippen MR) is 173 cm³/mol. The summed E-state index contributed by atoms with van der Waals surface area (Å²) >= 11 is 7.59. The highest BCUT2D eigenvalue weighted by Crippen LogP contribution is 2.40. The molecule has 1 aromatic carbocycles. The maximum absolute atomic E-state index is 13.5. The number of hydrogen-bond donors (Lipinski definition) is 4. The Balaban J connectivity index is 1.21. The van der Waals surface area contributed by atoms with Gasteiger partial charge in [0.1, 0.15) is 16.5 Å². The van der Waals surface area contributed by atoms with E-state index in [9.17, 15) is 14.4 Å². The number of fused-ring (bicyclic) bond motifs is 1. The molecule has 2 saturated carbocycles. The Labute approximate surface area is 267 Å². The summed E-state index contributed by atoms with van der Waals surface area (Å²) in [7, 11) is 3.25. The number of thiophene rings is 1. The molecule has 4 N–H and O–H groups in total. The van der Waals surface area contributed by atoms with Gasteiger partial charge < -0.3 is 35.6 Å². The zero-order valence-corrected chi connectivity index (χ0v) is 27.0. The van der Waals surface area contributed by atoms with Crippen molar-refractivity contribution in [3.63, 3.8) is 0 Å². The van der Waals surface area contributed by atoms with Crippen LogP contribution in [0.3, 0.4) is 0 Å². The normalized spacial score (nSPS) is 21.0. The van der Waals surface area contributed by atoms with Crippen LogP contribution in [0.2, 0.25) is 0 Å². The van der Waals surface area contributed by atoms with E-state index >= 15 is 0 Å². The van der Waals surface area contributed by atoms with E-state index in [0.29, 0.717) is 65.6 Å². The lowest BCUT2D eigenvalue weighted by Crippen LogP contribution is -2.53. The standard InChI is InChI=1S/C32H41N5O5S2/c1-41-23-9-7-20(25(15-23)42-2)17-37(22-11-12-33-27(38)14-22)32(43)35-21-8-10-26-24(13-21)28(30(40)34-16-18-3-4-18)31(44-26)36-29(39)19-5-6-19/h7,9,15,18-19,21-22H,3-6,8,10-14,16-17H2,1-2H3,(H,33,38)(H,34,40)(H,35,43)(H,36,39)/t21-,22?/m0/s1. The van der Waals surface area contributed by atoms with Crippen LogP contribution < -0.4 is 30.7 Å². The van der Waals surface area contributed by atoms with Crippen LogP contribution in [-0.4, -0.2) is 67.1 Å². The van der Waals surface area contributed by atoms with Crippen LogP contribution in [0.15, 0.2) is 18.2 Å². The molecule has 3 aliphatic carbocycles. The van der Waals surface area contributed by atoms with Gasteiger partial charge >= 0.3 is 0 Å². The third kappa shape index (κ3) is 7.12. The summed E-state index contributed by atoms with van der Waals surface area (Å²) in [6.45, 7) is 1.74. The minimum absolute atomic E-state index is 0.00393. The lowest BCUT2D eigenvalue weighted by atomic mass is 9.91. The summed E-state index contributed by atoms with van der Waals surface area (Å²) in [4.78, 5) is 41.9. The third-order valence-corrected chi connectivity index (χ3v) is 10.6. The quantitative estimate of drug-likeness (QED) is 0.275. The molecule has 44 heavy (non-hydrogen) atoms. The molecule has 2 aromatic rings. The lowest BCUT2D eigenvalue weighted by molar-refractivity contribution is -0.123. The molecule has 236 valence electrons. The zero-order chi connectivity index (χ0) is 30.8. The topological polar surface area (TPSA) is 121 Å². The molecule has 0 bridgehead atoms. The Morgan fingerprint density at radius 2 is 1.91 bits per heavy atom. The number of aryl methyl sites for hydroxylation is 1. The summed E-state index contributed by atoms with van der Waals surface area (Å²) in [5, 5.41) is 14.0. The molecule has 4 aliphatic rings. The molecule has 6 rings (SSSR count). The number of rotatable bonds is 11. The Morgan fingerprint density at radius 1 is 1.09 bits per heavy atom. The zero-order valence-electron chi connectivity index (χ0n) is 25.3. The van der Waals surface area contributed by atoms with E-state index in [4.69, 9.17) is 21.7 Å². The summed E-state index contributed by atoms with van der Waals surface area (Å²) in [5.74, 6) is 1.93. The van der Waals surface area contributed by atoms with Crippen molar-refractivity contribution in [2.24, 2.45) is 11.8 Å². The van der Waals surface area contributed by atoms with Crippen LogP contribution in [0.5, 0.6) is 11.5 Å². The first-order valence-corrected chi connectivity index (χ1v) is 16.8. The van der Waals surface area contributed by atoms with E-state index in [2.05, 4.69) is 26.2 Å². The van der Waals surface area contributed by atoms with Gasteiger partial charge in [-0.25, -0.2) is 0 Å². The molecular formula is C32H41N5O5S2. The second-order valence-electron chi connectivity index (χ2n) is 12.3. The molecule has 2 heterocycles. The van der Waals surface area contributed by atoms with Crippen LogP contribution in [0, 0.1) is 11.8 Å². The molecule has 1 aromatic heterocycles. The average molecular weight is 640 g/mol. The van der Waals surface area contributed by atoms with E-state index in [-0.39, 0.29) is 35.7 Å². The van der Waals surface area contributed by atoms with Gasteiger partial charge in [-0.2, -0.15) is 0 Å². The number of benzene rings is 1. The molecule has 12 heteroatoms. The fourth-order valence-electron chi connectivity index (χ4n) is 6.06. The van der Waals surface area contributed by atoms with Crippen molar-refractivity contribution >= 4 is 51.4 Å². The second-order valence-corrected chi connectivity index (χ2v) is 13.8. The maximum atomic E-state index is 13.5. The number of piperidine rings is 1. The van der Waals surface area contributed by atoms with Gasteiger partial charge in [0, 0.05) is 60.6 Å². The number of carbonyl (C=O) groups excluding carboxylic acids is 3. The van der Waals surface area contributed by atoms with Crippen LogP contribution in [0.25, 0.3) is 0 Å². The van der Waals surface area contributed by atoms with Gasteiger partial charge in [-0.1, -0.05) is 0 Å². The van der Waals surface area contributed by atoms with E-state index in [1.54, 1.807) is 25.6 Å². The largest absolute Gasteiger partial charge is 0.497 e. The van der Waals surface area contributed by atoms with Crippen molar-refractivity contribution in [1.82, 2.24) is 20.9 Å². The fraction of sp³-hybridized carbons (Fsp3) is 0.562. The number of ether oxygens (including phenoxy) is 2. The summed E-state index contributed by atoms with van der Waals surface area (Å²) in [6.07, 6.45) is 7.52. The first-order valence-electron chi connectivity index (χ1n) is 15.6. The lowest BCUT2D eigenvalue weighted by Gasteiger charge is -2.38. The number of nitrogens with zero attached hydrogens (tertiary/aromatic N) is 1. The molecule has 0 radical (unpaired) electrons. The predicted octanol–water partition coefficient (Wildman–Crippen LogP) is 3.77. The summed E-state index contributed by atoms with van der Waals surface area (Å²) in [6, 6.07) is 5.66. The number of thiocarbonyl (C=S) groups is 1. The fourth-order valence-corrected chi connectivity index (χ4v) is 7.69. The average Bonchev–Trinajstić information content (AvgIpc) is 3.95. The van der Waals surface area contributed by atoms with Gasteiger partial charge in [0.15, 0.2) is 5.11 Å². The van der Waals surface area contributed by atoms with E-state index < -0.39 is 0 Å². The molecule has 1 unspecified atom stereocenters.